The van der Waals surface area contributed by atoms with Crippen LogP contribution in [0.15, 0.2) is 48.5 Å². The maximum Gasteiger partial charge on any atom is 0.0727 e. The molecule has 128 valence electrons. The van der Waals surface area contributed by atoms with Crippen LogP contribution in [0.2, 0.25) is 5.02 Å². The highest BCUT2D eigenvalue weighted by Crippen LogP contribution is 2.28. The number of halogens is 1. The molecule has 0 atom stereocenters. The van der Waals surface area contributed by atoms with Crippen molar-refractivity contribution in [3.8, 4) is 11.3 Å². The fourth-order valence-corrected chi connectivity index (χ4v) is 3.37. The number of nitrogens with two attached hydrogens (primary N) is 1. The maximum atomic E-state index is 6.20. The Morgan fingerprint density at radius 1 is 1.04 bits per heavy atom. The number of ether oxygens (including phenoxy) is 1. The van der Waals surface area contributed by atoms with Gasteiger partial charge in [0.25, 0.3) is 0 Å². The van der Waals surface area contributed by atoms with Crippen LogP contribution in [0.3, 0.4) is 0 Å². The summed E-state index contributed by atoms with van der Waals surface area (Å²) in [5.74, 6) is 0. The second-order valence-electron chi connectivity index (χ2n) is 6.34. The average Bonchev–Trinajstić information content (AvgIpc) is 2.62. The van der Waals surface area contributed by atoms with Crippen molar-refractivity contribution in [2.75, 3.05) is 32.0 Å². The molecular formula is C20H20ClN3O. The van der Waals surface area contributed by atoms with Gasteiger partial charge in [0.05, 0.1) is 24.4 Å². The van der Waals surface area contributed by atoms with Crippen molar-refractivity contribution in [2.45, 2.75) is 6.54 Å². The fourth-order valence-electron chi connectivity index (χ4n) is 3.21. The Labute approximate surface area is 152 Å². The Morgan fingerprint density at radius 3 is 2.56 bits per heavy atom. The first-order chi connectivity index (χ1) is 12.2. The molecule has 0 saturated carbocycles. The summed E-state index contributed by atoms with van der Waals surface area (Å²) >= 11 is 6.20. The smallest absolute Gasteiger partial charge is 0.0727 e. The standard InChI is InChI=1S/C20H20ClN3O/c21-16-3-6-18-15(13-24-7-9-25-10-8-24)11-19(23-20(18)12-16)14-1-4-17(22)5-2-14/h1-6,11-12H,7-10,13,22H2. The highest BCUT2D eigenvalue weighted by molar-refractivity contribution is 6.31. The summed E-state index contributed by atoms with van der Waals surface area (Å²) in [5.41, 5.74) is 10.7. The Bertz CT molecular complexity index is 889. The third-order valence-corrected chi connectivity index (χ3v) is 4.80. The Kier molecular flexibility index (Phi) is 4.57. The van der Waals surface area contributed by atoms with Gasteiger partial charge in [0.2, 0.25) is 0 Å². The molecule has 4 rings (SSSR count). The van der Waals surface area contributed by atoms with Crippen molar-refractivity contribution in [1.29, 1.82) is 0 Å². The number of hydrogen-bond acceptors (Lipinski definition) is 4. The number of fused-ring (bicyclic) bond motifs is 1. The quantitative estimate of drug-likeness (QED) is 0.724. The van der Waals surface area contributed by atoms with Gasteiger partial charge in [0.15, 0.2) is 0 Å². The van der Waals surface area contributed by atoms with E-state index in [0.717, 1.165) is 60.7 Å². The van der Waals surface area contributed by atoms with Crippen molar-refractivity contribution in [3.05, 3.63) is 59.1 Å². The van der Waals surface area contributed by atoms with Gasteiger partial charge in [0, 0.05) is 41.3 Å². The lowest BCUT2D eigenvalue weighted by Gasteiger charge is -2.27. The molecule has 1 aliphatic heterocycles. The minimum Gasteiger partial charge on any atom is -0.399 e. The van der Waals surface area contributed by atoms with E-state index in [0.29, 0.717) is 5.02 Å². The summed E-state index contributed by atoms with van der Waals surface area (Å²) < 4.78 is 5.46. The van der Waals surface area contributed by atoms with Gasteiger partial charge in [-0.05, 0) is 35.9 Å². The second kappa shape index (κ2) is 7.00. The molecule has 5 heteroatoms. The molecular weight excluding hydrogens is 334 g/mol. The monoisotopic (exact) mass is 353 g/mol. The predicted molar refractivity (Wildman–Crippen MR) is 103 cm³/mol. The molecule has 0 amide bonds. The SMILES string of the molecule is Nc1ccc(-c2cc(CN3CCOCC3)c3ccc(Cl)cc3n2)cc1. The maximum absolute atomic E-state index is 6.20. The van der Waals surface area contributed by atoms with Gasteiger partial charge in [-0.1, -0.05) is 29.8 Å². The van der Waals surface area contributed by atoms with Crippen LogP contribution in [0.25, 0.3) is 22.2 Å². The minimum absolute atomic E-state index is 0.701. The summed E-state index contributed by atoms with van der Waals surface area (Å²) in [7, 11) is 0. The molecule has 2 aromatic carbocycles. The molecule has 2 N–H and O–H groups in total. The van der Waals surface area contributed by atoms with E-state index >= 15 is 0 Å². The van der Waals surface area contributed by atoms with Crippen LogP contribution in [0.1, 0.15) is 5.56 Å². The number of morpholine rings is 1. The highest BCUT2D eigenvalue weighted by Gasteiger charge is 2.14. The summed E-state index contributed by atoms with van der Waals surface area (Å²) in [4.78, 5) is 7.24. The third-order valence-electron chi connectivity index (χ3n) is 4.56. The Balaban J connectivity index is 1.79. The summed E-state index contributed by atoms with van der Waals surface area (Å²) in [6.07, 6.45) is 0. The molecule has 1 fully saturated rings. The zero-order chi connectivity index (χ0) is 17.2. The number of benzene rings is 2. The van der Waals surface area contributed by atoms with E-state index in [9.17, 15) is 0 Å². The molecule has 3 aromatic rings. The summed E-state index contributed by atoms with van der Waals surface area (Å²) in [5, 5.41) is 1.85. The van der Waals surface area contributed by atoms with Gasteiger partial charge in [0.1, 0.15) is 0 Å². The first-order valence-corrected chi connectivity index (χ1v) is 8.82. The molecule has 0 unspecified atom stereocenters. The first kappa shape index (κ1) is 16.3. The molecule has 0 bridgehead atoms. The van der Waals surface area contributed by atoms with Crippen LogP contribution in [-0.4, -0.2) is 36.2 Å². The Morgan fingerprint density at radius 2 is 1.80 bits per heavy atom. The van der Waals surface area contributed by atoms with Crippen LogP contribution in [0.4, 0.5) is 5.69 Å². The number of hydrogen-bond donors (Lipinski definition) is 1. The van der Waals surface area contributed by atoms with E-state index in [-0.39, 0.29) is 0 Å². The lowest BCUT2D eigenvalue weighted by Crippen LogP contribution is -2.35. The van der Waals surface area contributed by atoms with Crippen LogP contribution < -0.4 is 5.73 Å². The highest BCUT2D eigenvalue weighted by atomic mass is 35.5. The molecule has 4 nitrogen and oxygen atoms in total. The van der Waals surface area contributed by atoms with E-state index in [2.05, 4.69) is 17.0 Å². The van der Waals surface area contributed by atoms with Gasteiger partial charge >= 0.3 is 0 Å². The van der Waals surface area contributed by atoms with Crippen molar-refractivity contribution < 1.29 is 4.74 Å². The fraction of sp³-hybridized carbons (Fsp3) is 0.250. The molecule has 25 heavy (non-hydrogen) atoms. The first-order valence-electron chi connectivity index (χ1n) is 8.44. The Hall–Kier alpha value is -2.14. The minimum atomic E-state index is 0.701. The van der Waals surface area contributed by atoms with Crippen LogP contribution in [0, 0.1) is 0 Å². The van der Waals surface area contributed by atoms with Crippen molar-refractivity contribution >= 4 is 28.2 Å². The second-order valence-corrected chi connectivity index (χ2v) is 6.78. The number of rotatable bonds is 3. The molecule has 2 heterocycles. The number of pyridine rings is 1. The van der Waals surface area contributed by atoms with Crippen LogP contribution >= 0.6 is 11.6 Å². The molecule has 0 spiro atoms. The topological polar surface area (TPSA) is 51.4 Å². The lowest BCUT2D eigenvalue weighted by molar-refractivity contribution is 0.0344. The van der Waals surface area contributed by atoms with E-state index < -0.39 is 0 Å². The van der Waals surface area contributed by atoms with Crippen molar-refractivity contribution in [2.24, 2.45) is 0 Å². The molecule has 1 aliphatic rings. The van der Waals surface area contributed by atoms with Crippen LogP contribution in [-0.2, 0) is 11.3 Å². The van der Waals surface area contributed by atoms with Gasteiger partial charge in [-0.2, -0.15) is 0 Å². The van der Waals surface area contributed by atoms with Gasteiger partial charge in [-0.15, -0.1) is 0 Å². The van der Waals surface area contributed by atoms with Crippen molar-refractivity contribution in [3.63, 3.8) is 0 Å². The molecule has 0 aliphatic carbocycles. The van der Waals surface area contributed by atoms with E-state index in [4.69, 9.17) is 27.1 Å². The summed E-state index contributed by atoms with van der Waals surface area (Å²) in [6, 6.07) is 15.9. The van der Waals surface area contributed by atoms with E-state index in [1.807, 2.05) is 36.4 Å². The van der Waals surface area contributed by atoms with Gasteiger partial charge in [-0.3, -0.25) is 4.90 Å². The van der Waals surface area contributed by atoms with Crippen molar-refractivity contribution in [1.82, 2.24) is 9.88 Å². The van der Waals surface area contributed by atoms with E-state index in [1.165, 1.54) is 5.56 Å². The van der Waals surface area contributed by atoms with Gasteiger partial charge in [-0.25, -0.2) is 4.98 Å². The van der Waals surface area contributed by atoms with Crippen LogP contribution in [0.5, 0.6) is 0 Å². The molecule has 1 saturated heterocycles. The van der Waals surface area contributed by atoms with Gasteiger partial charge < -0.3 is 10.5 Å². The third kappa shape index (κ3) is 3.61. The lowest BCUT2D eigenvalue weighted by atomic mass is 10.0. The van der Waals surface area contributed by atoms with E-state index in [1.54, 1.807) is 0 Å². The molecule has 1 aromatic heterocycles. The number of nitrogen functional groups attached to an aromatic ring is 1. The molecule has 0 radical (unpaired) electrons. The number of aromatic nitrogens is 1. The summed E-state index contributed by atoms with van der Waals surface area (Å²) in [6.45, 7) is 4.37. The zero-order valence-corrected chi connectivity index (χ0v) is 14.7. The average molecular weight is 354 g/mol. The number of anilines is 1. The predicted octanol–water partition coefficient (Wildman–Crippen LogP) is 3.97. The largest absolute Gasteiger partial charge is 0.399 e. The zero-order valence-electron chi connectivity index (χ0n) is 13.9. The normalized spacial score (nSPS) is 15.6. The number of nitrogens with zero attached hydrogens (tertiary/aromatic N) is 2.